The monoisotopic (exact) mass is 281 g/mol. The quantitative estimate of drug-likeness (QED) is 0.560. The van der Waals surface area contributed by atoms with Crippen molar-refractivity contribution in [1.82, 2.24) is 5.32 Å². The Kier molecular flexibility index (Phi) is 5.01. The molecule has 1 aromatic carbocycles. The summed E-state index contributed by atoms with van der Waals surface area (Å²) in [5, 5.41) is 24.3. The smallest absolute Gasteiger partial charge is 0.319 e. The summed E-state index contributed by atoms with van der Waals surface area (Å²) in [7, 11) is 0. The second-order valence-electron chi connectivity index (χ2n) is 4.28. The summed E-state index contributed by atoms with van der Waals surface area (Å²) in [5.74, 6) is -1.73. The van der Waals surface area contributed by atoms with Gasteiger partial charge in [-0.25, -0.2) is 4.79 Å². The number of carbonyl (C=O) groups is 2. The molecule has 0 aromatic heterocycles. The summed E-state index contributed by atoms with van der Waals surface area (Å²) in [6.45, 7) is 2.95. The van der Waals surface area contributed by atoms with Crippen LogP contribution in [0.5, 0.6) is 0 Å². The molecule has 1 atom stereocenters. The average molecular weight is 281 g/mol. The third-order valence-corrected chi connectivity index (χ3v) is 2.74. The molecule has 20 heavy (non-hydrogen) atoms. The number of carbonyl (C=O) groups excluding carboxylic acids is 1. The van der Waals surface area contributed by atoms with Gasteiger partial charge in [0.05, 0.1) is 22.1 Å². The summed E-state index contributed by atoms with van der Waals surface area (Å²) < 4.78 is 0. The number of hydrogen-bond donors (Lipinski definition) is 3. The topological polar surface area (TPSA) is 122 Å². The Balaban J connectivity index is 2.69. The first-order valence-electron chi connectivity index (χ1n) is 5.84. The molecule has 0 saturated heterocycles. The molecule has 108 valence electrons. The molecule has 0 spiro atoms. The zero-order valence-electron chi connectivity index (χ0n) is 11.0. The zero-order chi connectivity index (χ0) is 15.3. The SMILES string of the molecule is Cc1c(NC(=O)NCC(C)C(=O)O)cccc1[N+](=O)[O-]. The molecular formula is C12H15N3O5. The Labute approximate surface area is 114 Å². The number of anilines is 1. The Morgan fingerprint density at radius 1 is 1.45 bits per heavy atom. The van der Waals surface area contributed by atoms with Crippen LogP contribution in [-0.2, 0) is 4.79 Å². The molecule has 2 amide bonds. The Hall–Kier alpha value is -2.64. The van der Waals surface area contributed by atoms with E-state index in [2.05, 4.69) is 10.6 Å². The van der Waals surface area contributed by atoms with Gasteiger partial charge in [0.25, 0.3) is 5.69 Å². The minimum atomic E-state index is -1.02. The number of hydrogen-bond acceptors (Lipinski definition) is 4. The average Bonchev–Trinajstić information content (AvgIpc) is 2.37. The number of nitrogens with zero attached hydrogens (tertiary/aromatic N) is 1. The Morgan fingerprint density at radius 2 is 2.10 bits per heavy atom. The molecule has 3 N–H and O–H groups in total. The number of nitrogens with one attached hydrogen (secondary N) is 2. The van der Waals surface area contributed by atoms with E-state index in [0.717, 1.165) is 0 Å². The van der Waals surface area contributed by atoms with Crippen LogP contribution in [0.25, 0.3) is 0 Å². The highest BCUT2D eigenvalue weighted by molar-refractivity contribution is 5.91. The van der Waals surface area contributed by atoms with E-state index in [4.69, 9.17) is 5.11 Å². The molecule has 0 aliphatic carbocycles. The van der Waals surface area contributed by atoms with Crippen LogP contribution in [0.1, 0.15) is 12.5 Å². The van der Waals surface area contributed by atoms with Gasteiger partial charge in [-0.3, -0.25) is 14.9 Å². The summed E-state index contributed by atoms with van der Waals surface area (Å²) in [6, 6.07) is 3.72. The number of aliphatic carboxylic acids is 1. The van der Waals surface area contributed by atoms with Crippen molar-refractivity contribution in [3.05, 3.63) is 33.9 Å². The van der Waals surface area contributed by atoms with Gasteiger partial charge in [0, 0.05) is 12.6 Å². The predicted molar refractivity (Wildman–Crippen MR) is 71.7 cm³/mol. The van der Waals surface area contributed by atoms with Gasteiger partial charge in [-0.1, -0.05) is 13.0 Å². The van der Waals surface area contributed by atoms with Gasteiger partial charge in [-0.05, 0) is 13.0 Å². The lowest BCUT2D eigenvalue weighted by Crippen LogP contribution is -2.34. The van der Waals surface area contributed by atoms with Gasteiger partial charge >= 0.3 is 12.0 Å². The number of urea groups is 1. The Bertz CT molecular complexity index is 544. The molecule has 8 nitrogen and oxygen atoms in total. The van der Waals surface area contributed by atoms with Crippen LogP contribution in [0.2, 0.25) is 0 Å². The van der Waals surface area contributed by atoms with E-state index in [9.17, 15) is 19.7 Å². The van der Waals surface area contributed by atoms with Crippen molar-refractivity contribution in [3.63, 3.8) is 0 Å². The molecule has 1 aromatic rings. The minimum absolute atomic E-state index is 0.0326. The predicted octanol–water partition coefficient (Wildman–Crippen LogP) is 1.75. The number of nitro groups is 1. The van der Waals surface area contributed by atoms with Crippen molar-refractivity contribution in [2.75, 3.05) is 11.9 Å². The molecular weight excluding hydrogens is 266 g/mol. The van der Waals surface area contributed by atoms with Crippen LogP contribution in [0.4, 0.5) is 16.2 Å². The van der Waals surface area contributed by atoms with Gasteiger partial charge in [0.2, 0.25) is 0 Å². The van der Waals surface area contributed by atoms with Gasteiger partial charge in [0.1, 0.15) is 0 Å². The minimum Gasteiger partial charge on any atom is -0.481 e. The maximum absolute atomic E-state index is 11.6. The van der Waals surface area contributed by atoms with Gasteiger partial charge < -0.3 is 15.7 Å². The zero-order valence-corrected chi connectivity index (χ0v) is 11.0. The highest BCUT2D eigenvalue weighted by atomic mass is 16.6. The maximum Gasteiger partial charge on any atom is 0.319 e. The molecule has 0 aliphatic rings. The number of carboxylic acids is 1. The molecule has 0 aliphatic heterocycles. The molecule has 1 unspecified atom stereocenters. The second-order valence-corrected chi connectivity index (χ2v) is 4.28. The molecule has 0 saturated carbocycles. The van der Waals surface area contributed by atoms with Gasteiger partial charge in [-0.2, -0.15) is 0 Å². The lowest BCUT2D eigenvalue weighted by Gasteiger charge is -2.11. The third kappa shape index (κ3) is 3.94. The van der Waals surface area contributed by atoms with Crippen molar-refractivity contribution >= 4 is 23.4 Å². The third-order valence-electron chi connectivity index (χ3n) is 2.74. The van der Waals surface area contributed by atoms with E-state index in [0.29, 0.717) is 11.3 Å². The van der Waals surface area contributed by atoms with E-state index in [1.54, 1.807) is 0 Å². The standard InChI is InChI=1S/C12H15N3O5/c1-7(11(16)17)6-13-12(18)14-9-4-3-5-10(8(9)2)15(19)20/h3-5,7H,6H2,1-2H3,(H,16,17)(H2,13,14,18). The van der Waals surface area contributed by atoms with Crippen LogP contribution in [0.3, 0.4) is 0 Å². The second kappa shape index (κ2) is 6.50. The largest absolute Gasteiger partial charge is 0.481 e. The first kappa shape index (κ1) is 15.4. The summed E-state index contributed by atoms with van der Waals surface area (Å²) >= 11 is 0. The van der Waals surface area contributed by atoms with E-state index >= 15 is 0 Å². The van der Waals surface area contributed by atoms with Crippen LogP contribution in [0, 0.1) is 23.0 Å². The summed E-state index contributed by atoms with van der Waals surface area (Å²) in [6.07, 6.45) is 0. The number of nitro benzene ring substituents is 1. The van der Waals surface area contributed by atoms with Crippen molar-refractivity contribution < 1.29 is 19.6 Å². The van der Waals surface area contributed by atoms with Crippen molar-refractivity contribution in [2.45, 2.75) is 13.8 Å². The maximum atomic E-state index is 11.6. The Morgan fingerprint density at radius 3 is 2.65 bits per heavy atom. The van der Waals surface area contributed by atoms with Crippen molar-refractivity contribution in [2.24, 2.45) is 5.92 Å². The summed E-state index contributed by atoms with van der Waals surface area (Å²) in [4.78, 5) is 32.4. The van der Waals surface area contributed by atoms with Gasteiger partial charge in [-0.15, -0.1) is 0 Å². The highest BCUT2D eigenvalue weighted by Crippen LogP contribution is 2.24. The molecule has 0 bridgehead atoms. The van der Waals surface area contributed by atoms with Crippen LogP contribution in [-0.4, -0.2) is 28.6 Å². The number of benzene rings is 1. The van der Waals surface area contributed by atoms with E-state index in [1.165, 1.54) is 32.0 Å². The fourth-order valence-electron chi connectivity index (χ4n) is 1.46. The molecule has 0 radical (unpaired) electrons. The molecule has 1 rings (SSSR count). The number of rotatable bonds is 5. The van der Waals surface area contributed by atoms with E-state index in [-0.39, 0.29) is 12.2 Å². The highest BCUT2D eigenvalue weighted by Gasteiger charge is 2.16. The van der Waals surface area contributed by atoms with Crippen LogP contribution >= 0.6 is 0 Å². The van der Waals surface area contributed by atoms with E-state index in [1.807, 2.05) is 0 Å². The lowest BCUT2D eigenvalue weighted by atomic mass is 10.1. The number of amides is 2. The number of carboxylic acid groups (broad SMARTS) is 1. The van der Waals surface area contributed by atoms with Crippen LogP contribution < -0.4 is 10.6 Å². The molecule has 0 fully saturated rings. The van der Waals surface area contributed by atoms with Gasteiger partial charge in [0.15, 0.2) is 0 Å². The molecule has 8 heteroatoms. The fourth-order valence-corrected chi connectivity index (χ4v) is 1.46. The van der Waals surface area contributed by atoms with Crippen molar-refractivity contribution in [3.8, 4) is 0 Å². The lowest BCUT2D eigenvalue weighted by molar-refractivity contribution is -0.385. The van der Waals surface area contributed by atoms with Crippen molar-refractivity contribution in [1.29, 1.82) is 0 Å². The molecule has 0 heterocycles. The fraction of sp³-hybridized carbons (Fsp3) is 0.333. The first-order valence-corrected chi connectivity index (χ1v) is 5.84. The first-order chi connectivity index (χ1) is 9.32. The van der Waals surface area contributed by atoms with Crippen LogP contribution in [0.15, 0.2) is 18.2 Å². The van der Waals surface area contributed by atoms with E-state index < -0.39 is 22.8 Å². The normalized spacial score (nSPS) is 11.5. The summed E-state index contributed by atoms with van der Waals surface area (Å²) in [5.41, 5.74) is 0.542.